The lowest BCUT2D eigenvalue weighted by atomic mass is 10.00. The number of halogens is 1. The van der Waals surface area contributed by atoms with Crippen LogP contribution in [-0.4, -0.2) is 49.4 Å². The van der Waals surface area contributed by atoms with Crippen LogP contribution in [0.25, 0.3) is 0 Å². The average molecular weight is 441 g/mol. The lowest BCUT2D eigenvalue weighted by Gasteiger charge is -2.21. The Morgan fingerprint density at radius 2 is 1.87 bits per heavy atom. The zero-order valence-corrected chi connectivity index (χ0v) is 18.3. The van der Waals surface area contributed by atoms with Gasteiger partial charge in [-0.25, -0.2) is 14.2 Å². The van der Waals surface area contributed by atoms with Crippen LogP contribution < -0.4 is 15.5 Å². The lowest BCUT2D eigenvalue weighted by Crippen LogP contribution is -2.50. The summed E-state index contributed by atoms with van der Waals surface area (Å²) in [6.45, 7) is 0.556. The normalized spacial score (nSPS) is 19.2. The van der Waals surface area contributed by atoms with E-state index >= 15 is 0 Å². The van der Waals surface area contributed by atoms with E-state index in [1.54, 1.807) is 49.1 Å². The molecule has 4 rings (SSSR count). The average Bonchev–Trinajstić information content (AvgIpc) is 3.55. The van der Waals surface area contributed by atoms with E-state index in [9.17, 15) is 14.0 Å². The van der Waals surface area contributed by atoms with Crippen LogP contribution in [0, 0.1) is 11.2 Å². The molecule has 1 unspecified atom stereocenters. The number of fused-ring (bicyclic) bond motifs is 1. The fraction of sp³-hybridized carbons (Fsp3) is 0.348. The number of nitrogens with one attached hydrogen (secondary N) is 2. The molecule has 6 nitrogen and oxygen atoms in total. The molecule has 1 aliphatic heterocycles. The summed E-state index contributed by atoms with van der Waals surface area (Å²) in [6.07, 6.45) is 3.06. The zero-order chi connectivity index (χ0) is 22.0. The van der Waals surface area contributed by atoms with Gasteiger partial charge in [-0.1, -0.05) is 30.3 Å². The number of likely N-dealkylation sites (N-methyl/N-ethyl adjacent to an activating group) is 1. The highest BCUT2D eigenvalue weighted by molar-refractivity contribution is 7.98. The number of benzodiazepines with no additional fused rings is 1. The maximum Gasteiger partial charge on any atom is 0.316 e. The number of thioether (sulfide) groups is 1. The van der Waals surface area contributed by atoms with Gasteiger partial charge in [0.05, 0.1) is 11.4 Å². The Labute approximate surface area is 185 Å². The minimum Gasteiger partial charge on any atom is -0.338 e. The second-order valence-corrected chi connectivity index (χ2v) is 8.90. The van der Waals surface area contributed by atoms with Crippen LogP contribution in [0.15, 0.2) is 53.5 Å². The second-order valence-electron chi connectivity index (χ2n) is 8.03. The van der Waals surface area contributed by atoms with Crippen LogP contribution in [0.5, 0.6) is 0 Å². The Bertz CT molecular complexity index is 1040. The first-order chi connectivity index (χ1) is 14.9. The van der Waals surface area contributed by atoms with Crippen LogP contribution in [0.3, 0.4) is 0 Å². The van der Waals surface area contributed by atoms with Gasteiger partial charge < -0.3 is 15.5 Å². The number of nitrogens with zero attached hydrogens (tertiary/aromatic N) is 2. The van der Waals surface area contributed by atoms with E-state index in [-0.39, 0.29) is 16.9 Å². The van der Waals surface area contributed by atoms with Crippen molar-refractivity contribution < 1.29 is 14.0 Å². The highest BCUT2D eigenvalue weighted by Gasteiger charge is 2.42. The van der Waals surface area contributed by atoms with Crippen LogP contribution in [0.4, 0.5) is 14.9 Å². The quantitative estimate of drug-likeness (QED) is 0.723. The summed E-state index contributed by atoms with van der Waals surface area (Å²) in [5.41, 5.74) is 2.00. The molecular formula is C23H25FN4O2S. The summed E-state index contributed by atoms with van der Waals surface area (Å²) in [6, 6.07) is 13.0. The molecule has 3 amide bonds. The molecule has 2 aromatic carbocycles. The molecule has 0 bridgehead atoms. The van der Waals surface area contributed by atoms with Crippen LogP contribution >= 0.6 is 11.8 Å². The van der Waals surface area contributed by atoms with Gasteiger partial charge in [0, 0.05) is 30.5 Å². The first-order valence-electron chi connectivity index (χ1n) is 10.2. The van der Waals surface area contributed by atoms with Crippen LogP contribution in [0.2, 0.25) is 0 Å². The van der Waals surface area contributed by atoms with E-state index in [0.29, 0.717) is 23.5 Å². The number of hydrogen-bond donors (Lipinski definition) is 2. The third-order valence-corrected chi connectivity index (χ3v) is 6.67. The van der Waals surface area contributed by atoms with Crippen LogP contribution in [-0.2, 0) is 4.79 Å². The van der Waals surface area contributed by atoms with Crippen molar-refractivity contribution in [3.63, 3.8) is 0 Å². The third-order valence-electron chi connectivity index (χ3n) is 5.77. The number of para-hydroxylation sites is 1. The number of amides is 3. The van der Waals surface area contributed by atoms with Gasteiger partial charge in [-0.15, -0.1) is 0 Å². The number of rotatable bonds is 6. The number of hydrogen-bond acceptors (Lipinski definition) is 4. The van der Waals surface area contributed by atoms with Gasteiger partial charge in [-0.3, -0.25) is 4.79 Å². The van der Waals surface area contributed by atoms with Crippen molar-refractivity contribution in [2.24, 2.45) is 10.4 Å². The van der Waals surface area contributed by atoms with Crippen molar-refractivity contribution in [3.8, 4) is 0 Å². The predicted octanol–water partition coefficient (Wildman–Crippen LogP) is 3.41. The molecule has 1 atom stereocenters. The van der Waals surface area contributed by atoms with Gasteiger partial charge in [0.2, 0.25) is 6.17 Å². The Balaban J connectivity index is 1.63. The molecule has 162 valence electrons. The van der Waals surface area contributed by atoms with Crippen molar-refractivity contribution in [3.05, 3.63) is 65.5 Å². The Kier molecular flexibility index (Phi) is 6.00. The lowest BCUT2D eigenvalue weighted by molar-refractivity contribution is -0.119. The molecule has 1 saturated carbocycles. The van der Waals surface area contributed by atoms with Gasteiger partial charge in [0.15, 0.2) is 0 Å². The second kappa shape index (κ2) is 8.70. The highest BCUT2D eigenvalue weighted by Crippen LogP contribution is 2.47. The SMILES string of the molecule is CSCC1(CNC(=O)NC2N=C(c3ccccc3F)c3ccccc3N(C)C2=O)CC1. The molecule has 0 aromatic heterocycles. The van der Waals surface area contributed by atoms with E-state index < -0.39 is 18.0 Å². The molecule has 2 aliphatic rings. The third kappa shape index (κ3) is 4.44. The molecule has 0 saturated heterocycles. The number of carbonyl (C=O) groups excluding carboxylic acids is 2. The van der Waals surface area contributed by atoms with Gasteiger partial charge in [-0.05, 0) is 42.7 Å². The van der Waals surface area contributed by atoms with Crippen molar-refractivity contribution in [1.82, 2.24) is 10.6 Å². The summed E-state index contributed by atoms with van der Waals surface area (Å²) in [5.74, 6) is 0.159. The monoisotopic (exact) mass is 440 g/mol. The largest absolute Gasteiger partial charge is 0.338 e. The topological polar surface area (TPSA) is 73.8 Å². The summed E-state index contributed by atoms with van der Waals surface area (Å²) >= 11 is 1.76. The number of carbonyl (C=O) groups is 2. The Morgan fingerprint density at radius 1 is 1.19 bits per heavy atom. The minimum absolute atomic E-state index is 0.152. The Morgan fingerprint density at radius 3 is 2.55 bits per heavy atom. The first-order valence-corrected chi connectivity index (χ1v) is 11.6. The fourth-order valence-electron chi connectivity index (χ4n) is 3.78. The molecular weight excluding hydrogens is 415 g/mol. The maximum absolute atomic E-state index is 14.6. The van der Waals surface area contributed by atoms with Crippen LogP contribution in [0.1, 0.15) is 24.0 Å². The van der Waals surface area contributed by atoms with Crippen molar-refractivity contribution >= 4 is 35.1 Å². The Hall–Kier alpha value is -2.87. The van der Waals surface area contributed by atoms with Gasteiger partial charge >= 0.3 is 6.03 Å². The van der Waals surface area contributed by atoms with Gasteiger partial charge in [0.1, 0.15) is 5.82 Å². The van der Waals surface area contributed by atoms with E-state index in [0.717, 1.165) is 18.6 Å². The van der Waals surface area contributed by atoms with Crippen molar-refractivity contribution in [1.29, 1.82) is 0 Å². The van der Waals surface area contributed by atoms with Gasteiger partial charge in [0.25, 0.3) is 5.91 Å². The smallest absolute Gasteiger partial charge is 0.316 e. The molecule has 0 spiro atoms. The first kappa shape index (κ1) is 21.4. The summed E-state index contributed by atoms with van der Waals surface area (Å²) < 4.78 is 14.6. The maximum atomic E-state index is 14.6. The van der Waals surface area contributed by atoms with Crippen molar-refractivity contribution in [2.75, 3.05) is 30.5 Å². The van der Waals surface area contributed by atoms with E-state index in [1.807, 2.05) is 12.1 Å². The number of anilines is 1. The summed E-state index contributed by atoms with van der Waals surface area (Å²) in [4.78, 5) is 31.7. The molecule has 1 fully saturated rings. The number of aliphatic imine (C=N–C) groups is 1. The van der Waals surface area contributed by atoms with Gasteiger partial charge in [-0.2, -0.15) is 11.8 Å². The standard InChI is InChI=1S/C23H25FN4O2S/c1-28-18-10-6-4-8-16(18)19(15-7-3-5-9-17(15)24)26-20(21(28)29)27-22(30)25-13-23(11-12-23)14-31-2/h3-10,20H,11-14H2,1-2H3,(H2,25,27,30). The molecule has 1 heterocycles. The number of benzene rings is 2. The molecule has 31 heavy (non-hydrogen) atoms. The summed E-state index contributed by atoms with van der Waals surface area (Å²) in [7, 11) is 1.63. The highest BCUT2D eigenvalue weighted by atomic mass is 32.2. The molecule has 1 aliphatic carbocycles. The fourth-order valence-corrected chi connectivity index (χ4v) is 4.79. The molecule has 8 heteroatoms. The van der Waals surface area contributed by atoms with E-state index in [4.69, 9.17) is 0 Å². The summed E-state index contributed by atoms with van der Waals surface area (Å²) in [5, 5.41) is 5.56. The zero-order valence-electron chi connectivity index (χ0n) is 17.5. The van der Waals surface area contributed by atoms with E-state index in [2.05, 4.69) is 21.9 Å². The predicted molar refractivity (Wildman–Crippen MR) is 122 cm³/mol. The molecule has 2 aromatic rings. The van der Waals surface area contributed by atoms with E-state index in [1.165, 1.54) is 11.0 Å². The van der Waals surface area contributed by atoms with Crippen molar-refractivity contribution in [2.45, 2.75) is 19.0 Å². The minimum atomic E-state index is -1.16. The molecule has 2 N–H and O–H groups in total. The molecule has 0 radical (unpaired) electrons. The number of urea groups is 1.